The molecule has 0 unspecified atom stereocenters. The normalized spacial score (nSPS) is 10.6. The molecule has 5 heteroatoms. The number of rotatable bonds is 7. The lowest BCUT2D eigenvalue weighted by molar-refractivity contribution is -0.121. The van der Waals surface area contributed by atoms with E-state index in [4.69, 9.17) is 34.8 Å². The van der Waals surface area contributed by atoms with Gasteiger partial charge in [0, 0.05) is 18.0 Å². The van der Waals surface area contributed by atoms with Crippen LogP contribution < -0.4 is 5.32 Å². The van der Waals surface area contributed by atoms with Crippen molar-refractivity contribution in [2.75, 3.05) is 6.54 Å². The Labute approximate surface area is 151 Å². The number of carbonyl (C=O) groups excluding carboxylic acids is 1. The van der Waals surface area contributed by atoms with Crippen LogP contribution in [0.1, 0.15) is 24.0 Å². The topological polar surface area (TPSA) is 29.1 Å². The van der Waals surface area contributed by atoms with Crippen molar-refractivity contribution >= 4 is 40.7 Å². The van der Waals surface area contributed by atoms with Gasteiger partial charge in [0.1, 0.15) is 0 Å². The summed E-state index contributed by atoms with van der Waals surface area (Å²) in [5, 5.41) is 4.73. The average molecular weight is 371 g/mol. The molecule has 1 amide bonds. The number of hydrogen-bond donors (Lipinski definition) is 1. The molecule has 0 atom stereocenters. The van der Waals surface area contributed by atoms with Crippen LogP contribution in [-0.4, -0.2) is 12.5 Å². The second-order valence-electron chi connectivity index (χ2n) is 5.33. The Balaban J connectivity index is 1.65. The van der Waals surface area contributed by atoms with Gasteiger partial charge in [-0.1, -0.05) is 53.0 Å². The maximum atomic E-state index is 11.8. The molecule has 0 heterocycles. The van der Waals surface area contributed by atoms with Crippen molar-refractivity contribution in [1.29, 1.82) is 0 Å². The molecule has 0 spiro atoms. The molecule has 0 saturated heterocycles. The van der Waals surface area contributed by atoms with E-state index in [1.54, 1.807) is 12.1 Å². The minimum absolute atomic E-state index is 0.0483. The van der Waals surface area contributed by atoms with Crippen LogP contribution in [0, 0.1) is 0 Å². The highest BCUT2D eigenvalue weighted by Gasteiger charge is 2.04. The summed E-state index contributed by atoms with van der Waals surface area (Å²) in [5.41, 5.74) is 2.23. The highest BCUT2D eigenvalue weighted by Crippen LogP contribution is 2.23. The van der Waals surface area contributed by atoms with Gasteiger partial charge in [0.25, 0.3) is 0 Å². The average Bonchev–Trinajstić information content (AvgIpc) is 2.54. The van der Waals surface area contributed by atoms with Crippen LogP contribution >= 0.6 is 34.8 Å². The lowest BCUT2D eigenvalue weighted by Gasteiger charge is -2.06. The van der Waals surface area contributed by atoms with E-state index in [2.05, 4.69) is 5.32 Å². The van der Waals surface area contributed by atoms with Gasteiger partial charge in [-0.3, -0.25) is 4.79 Å². The first-order valence-corrected chi connectivity index (χ1v) is 8.63. The zero-order valence-corrected chi connectivity index (χ0v) is 14.9. The van der Waals surface area contributed by atoms with Crippen LogP contribution in [0.2, 0.25) is 15.1 Å². The molecule has 0 aliphatic heterocycles. The molecule has 0 aliphatic rings. The molecular formula is C18H18Cl3NO. The quantitative estimate of drug-likeness (QED) is 0.656. The third-order valence-electron chi connectivity index (χ3n) is 3.50. The Hall–Kier alpha value is -1.22. The van der Waals surface area contributed by atoms with Gasteiger partial charge in [-0.2, -0.15) is 0 Å². The smallest absolute Gasteiger partial charge is 0.220 e. The fraction of sp³-hybridized carbons (Fsp3) is 0.278. The van der Waals surface area contributed by atoms with E-state index in [1.165, 1.54) is 5.56 Å². The van der Waals surface area contributed by atoms with Gasteiger partial charge in [0.05, 0.1) is 10.0 Å². The predicted octanol–water partition coefficient (Wildman–Crippen LogP) is 5.33. The maximum absolute atomic E-state index is 11.8. The van der Waals surface area contributed by atoms with E-state index in [1.807, 2.05) is 30.3 Å². The van der Waals surface area contributed by atoms with E-state index in [9.17, 15) is 4.79 Å². The number of benzene rings is 2. The van der Waals surface area contributed by atoms with Gasteiger partial charge in [-0.15, -0.1) is 0 Å². The number of nitrogens with one attached hydrogen (secondary N) is 1. The molecule has 1 N–H and O–H groups in total. The fourth-order valence-corrected chi connectivity index (χ4v) is 2.66. The van der Waals surface area contributed by atoms with Crippen molar-refractivity contribution in [3.63, 3.8) is 0 Å². The summed E-state index contributed by atoms with van der Waals surface area (Å²) in [6.07, 6.45) is 2.92. The first-order valence-electron chi connectivity index (χ1n) is 7.49. The molecule has 0 bridgehead atoms. The van der Waals surface area contributed by atoms with Crippen LogP contribution in [0.25, 0.3) is 0 Å². The van der Waals surface area contributed by atoms with Crippen LogP contribution in [0.5, 0.6) is 0 Å². The van der Waals surface area contributed by atoms with E-state index in [0.29, 0.717) is 29.4 Å². The number of amides is 1. The van der Waals surface area contributed by atoms with E-state index < -0.39 is 0 Å². The molecule has 0 radical (unpaired) electrons. The fourth-order valence-electron chi connectivity index (χ4n) is 2.21. The number of aryl methyl sites for hydroxylation is 2. The van der Waals surface area contributed by atoms with Crippen molar-refractivity contribution in [3.05, 3.63) is 68.7 Å². The van der Waals surface area contributed by atoms with Gasteiger partial charge >= 0.3 is 0 Å². The van der Waals surface area contributed by atoms with E-state index >= 15 is 0 Å². The lowest BCUT2D eigenvalue weighted by Crippen LogP contribution is -2.24. The summed E-state index contributed by atoms with van der Waals surface area (Å²) in [4.78, 5) is 11.8. The SMILES string of the molecule is O=C(CCc1ccc(Cl)c(Cl)c1)NCCCc1ccc(Cl)cc1. The first-order chi connectivity index (χ1) is 11.0. The zero-order chi connectivity index (χ0) is 16.7. The van der Waals surface area contributed by atoms with Crippen LogP contribution in [-0.2, 0) is 17.6 Å². The molecule has 2 aromatic carbocycles. The molecule has 122 valence electrons. The molecular weight excluding hydrogens is 353 g/mol. The third-order valence-corrected chi connectivity index (χ3v) is 4.49. The van der Waals surface area contributed by atoms with E-state index in [-0.39, 0.29) is 5.91 Å². The van der Waals surface area contributed by atoms with Crippen LogP contribution in [0.4, 0.5) is 0 Å². The minimum Gasteiger partial charge on any atom is -0.356 e. The second-order valence-corrected chi connectivity index (χ2v) is 6.58. The van der Waals surface area contributed by atoms with Crippen molar-refractivity contribution < 1.29 is 4.79 Å². The highest BCUT2D eigenvalue weighted by molar-refractivity contribution is 6.42. The molecule has 2 aromatic rings. The molecule has 0 saturated carbocycles. The number of halogens is 3. The van der Waals surface area contributed by atoms with Gasteiger partial charge < -0.3 is 5.32 Å². The summed E-state index contributed by atoms with van der Waals surface area (Å²) in [7, 11) is 0. The molecule has 0 aromatic heterocycles. The number of carbonyl (C=O) groups is 1. The maximum Gasteiger partial charge on any atom is 0.220 e. The predicted molar refractivity (Wildman–Crippen MR) is 97.6 cm³/mol. The van der Waals surface area contributed by atoms with Crippen molar-refractivity contribution in [1.82, 2.24) is 5.32 Å². The molecule has 23 heavy (non-hydrogen) atoms. The van der Waals surface area contributed by atoms with Crippen molar-refractivity contribution in [2.45, 2.75) is 25.7 Å². The van der Waals surface area contributed by atoms with Crippen LogP contribution in [0.3, 0.4) is 0 Å². The summed E-state index contributed by atoms with van der Waals surface area (Å²) in [6.45, 7) is 0.669. The van der Waals surface area contributed by atoms with Gasteiger partial charge in [-0.05, 0) is 54.7 Å². The first kappa shape index (κ1) is 18.1. The Kier molecular flexibility index (Phi) is 7.22. The van der Waals surface area contributed by atoms with Crippen LogP contribution in [0.15, 0.2) is 42.5 Å². The second kappa shape index (κ2) is 9.17. The molecule has 2 nitrogen and oxygen atoms in total. The Morgan fingerprint density at radius 3 is 2.26 bits per heavy atom. The molecule has 2 rings (SSSR count). The molecule has 0 fully saturated rings. The summed E-state index contributed by atoms with van der Waals surface area (Å²) in [6, 6.07) is 13.2. The van der Waals surface area contributed by atoms with Gasteiger partial charge in [-0.25, -0.2) is 0 Å². The largest absolute Gasteiger partial charge is 0.356 e. The van der Waals surface area contributed by atoms with Crippen molar-refractivity contribution in [2.24, 2.45) is 0 Å². The van der Waals surface area contributed by atoms with E-state index in [0.717, 1.165) is 23.4 Å². The summed E-state index contributed by atoms with van der Waals surface area (Å²) in [5.74, 6) is 0.0483. The Morgan fingerprint density at radius 1 is 0.870 bits per heavy atom. The number of hydrogen-bond acceptors (Lipinski definition) is 1. The lowest BCUT2D eigenvalue weighted by atomic mass is 10.1. The standard InChI is InChI=1S/C18H18Cl3NO/c19-15-7-3-13(4-8-15)2-1-11-22-18(23)10-6-14-5-9-16(20)17(21)12-14/h3-5,7-9,12H,1-2,6,10-11H2,(H,22,23). The minimum atomic E-state index is 0.0483. The zero-order valence-electron chi connectivity index (χ0n) is 12.6. The summed E-state index contributed by atoms with van der Waals surface area (Å²) >= 11 is 17.7. The van der Waals surface area contributed by atoms with Crippen molar-refractivity contribution in [3.8, 4) is 0 Å². The monoisotopic (exact) mass is 369 g/mol. The molecule has 0 aliphatic carbocycles. The Morgan fingerprint density at radius 2 is 1.57 bits per heavy atom. The Bertz CT molecular complexity index is 656. The van der Waals surface area contributed by atoms with Gasteiger partial charge in [0.15, 0.2) is 0 Å². The van der Waals surface area contributed by atoms with Gasteiger partial charge in [0.2, 0.25) is 5.91 Å². The third kappa shape index (κ3) is 6.42. The summed E-state index contributed by atoms with van der Waals surface area (Å²) < 4.78 is 0. The highest BCUT2D eigenvalue weighted by atomic mass is 35.5.